The van der Waals surface area contributed by atoms with E-state index in [1.807, 2.05) is 25.3 Å². The molecule has 0 aliphatic rings. The van der Waals surface area contributed by atoms with Gasteiger partial charge in [0.2, 0.25) is 0 Å². The Morgan fingerprint density at radius 2 is 1.69 bits per heavy atom. The van der Waals surface area contributed by atoms with Crippen LogP contribution in [-0.4, -0.2) is 11.2 Å². The molecule has 0 bridgehead atoms. The quantitative estimate of drug-likeness (QED) is 0.735. The van der Waals surface area contributed by atoms with Crippen LogP contribution in [0.1, 0.15) is 22.5 Å². The Morgan fingerprint density at radius 1 is 1.00 bits per heavy atom. The zero-order valence-electron chi connectivity index (χ0n) is 9.91. The molecular weight excluding hydrogens is 196 g/mol. The van der Waals surface area contributed by atoms with Crippen LogP contribution in [0.25, 0.3) is 0 Å². The normalized spacial score (nSPS) is 11.2. The van der Waals surface area contributed by atoms with Gasteiger partial charge in [-0.1, -0.05) is 18.2 Å². The van der Waals surface area contributed by atoms with Crippen molar-refractivity contribution in [3.05, 3.63) is 52.8 Å². The van der Waals surface area contributed by atoms with E-state index in [1.165, 1.54) is 11.1 Å². The van der Waals surface area contributed by atoms with Gasteiger partial charge in [0.05, 0.1) is 17.6 Å². The van der Waals surface area contributed by atoms with E-state index in [4.69, 9.17) is 0 Å². The third kappa shape index (κ3) is 2.22. The number of aryl methyl sites for hydroxylation is 3. The molecule has 0 saturated heterocycles. The maximum Gasteiger partial charge on any atom is 0.0688 e. The number of rotatable bonds is 2. The number of benzene rings is 1. The number of nitrogens with one attached hydrogen (secondary N) is 1. The van der Waals surface area contributed by atoms with Crippen molar-refractivity contribution >= 4 is 11.9 Å². The van der Waals surface area contributed by atoms with Crippen molar-refractivity contribution < 1.29 is 0 Å². The molecule has 82 valence electrons. The van der Waals surface area contributed by atoms with E-state index in [-0.39, 0.29) is 0 Å². The summed E-state index contributed by atoms with van der Waals surface area (Å²) in [6.45, 7) is 6.20. The van der Waals surface area contributed by atoms with Crippen LogP contribution in [0.3, 0.4) is 0 Å². The average molecular weight is 212 g/mol. The SMILES string of the molecule is Cc1ccc(C=Nc2c(C)cccc2C)[nH]1. The summed E-state index contributed by atoms with van der Waals surface area (Å²) in [4.78, 5) is 7.77. The highest BCUT2D eigenvalue weighted by Gasteiger charge is 1.98. The molecule has 0 radical (unpaired) electrons. The van der Waals surface area contributed by atoms with Crippen LogP contribution < -0.4 is 0 Å². The third-order valence-corrected chi connectivity index (χ3v) is 2.63. The van der Waals surface area contributed by atoms with Crippen LogP contribution in [0.4, 0.5) is 5.69 Å². The molecule has 2 rings (SSSR count). The Kier molecular flexibility index (Phi) is 2.91. The predicted octanol–water partition coefficient (Wildman–Crippen LogP) is 3.69. The molecule has 16 heavy (non-hydrogen) atoms. The second kappa shape index (κ2) is 4.35. The first-order chi connectivity index (χ1) is 7.66. The smallest absolute Gasteiger partial charge is 0.0688 e. The molecule has 1 heterocycles. The summed E-state index contributed by atoms with van der Waals surface area (Å²) in [5.41, 5.74) is 5.68. The van der Waals surface area contributed by atoms with Crippen LogP contribution >= 0.6 is 0 Å². The lowest BCUT2D eigenvalue weighted by atomic mass is 10.1. The molecule has 0 spiro atoms. The fourth-order valence-electron chi connectivity index (χ4n) is 1.74. The Balaban J connectivity index is 2.30. The largest absolute Gasteiger partial charge is 0.358 e. The summed E-state index contributed by atoms with van der Waals surface area (Å²) in [6.07, 6.45) is 1.88. The minimum absolute atomic E-state index is 1.04. The van der Waals surface area contributed by atoms with E-state index >= 15 is 0 Å². The van der Waals surface area contributed by atoms with Crippen molar-refractivity contribution in [2.75, 3.05) is 0 Å². The number of hydrogen-bond acceptors (Lipinski definition) is 1. The average Bonchev–Trinajstić information content (AvgIpc) is 2.63. The molecule has 0 aliphatic heterocycles. The first kappa shape index (κ1) is 10.7. The van der Waals surface area contributed by atoms with Crippen LogP contribution in [-0.2, 0) is 0 Å². The monoisotopic (exact) mass is 212 g/mol. The number of aliphatic imine (C=N–C) groups is 1. The van der Waals surface area contributed by atoms with Gasteiger partial charge in [-0.05, 0) is 44.0 Å². The van der Waals surface area contributed by atoms with Crippen molar-refractivity contribution in [1.29, 1.82) is 0 Å². The van der Waals surface area contributed by atoms with Gasteiger partial charge in [-0.3, -0.25) is 4.99 Å². The van der Waals surface area contributed by atoms with Crippen molar-refractivity contribution in [1.82, 2.24) is 4.98 Å². The Labute approximate surface area is 96.1 Å². The highest BCUT2D eigenvalue weighted by Crippen LogP contribution is 2.22. The van der Waals surface area contributed by atoms with E-state index in [1.54, 1.807) is 0 Å². The van der Waals surface area contributed by atoms with E-state index in [2.05, 4.69) is 42.0 Å². The molecule has 2 heteroatoms. The molecule has 2 aromatic rings. The second-order valence-electron chi connectivity index (χ2n) is 4.10. The van der Waals surface area contributed by atoms with Crippen LogP contribution in [0.15, 0.2) is 35.3 Å². The van der Waals surface area contributed by atoms with Gasteiger partial charge in [-0.2, -0.15) is 0 Å². The fraction of sp³-hybridized carbons (Fsp3) is 0.214. The van der Waals surface area contributed by atoms with E-state index in [9.17, 15) is 0 Å². The zero-order valence-corrected chi connectivity index (χ0v) is 9.91. The molecule has 0 atom stereocenters. The Bertz CT molecular complexity index is 501. The summed E-state index contributed by atoms with van der Waals surface area (Å²) in [5, 5.41) is 0. The molecule has 0 unspecified atom stereocenters. The van der Waals surface area contributed by atoms with Gasteiger partial charge in [0.1, 0.15) is 0 Å². The van der Waals surface area contributed by atoms with Gasteiger partial charge < -0.3 is 4.98 Å². The van der Waals surface area contributed by atoms with Gasteiger partial charge in [0, 0.05) is 5.69 Å². The minimum Gasteiger partial charge on any atom is -0.358 e. The lowest BCUT2D eigenvalue weighted by Crippen LogP contribution is -1.83. The summed E-state index contributed by atoms with van der Waals surface area (Å²) >= 11 is 0. The number of H-pyrrole nitrogens is 1. The Hall–Kier alpha value is -1.83. The molecule has 0 aliphatic carbocycles. The third-order valence-electron chi connectivity index (χ3n) is 2.63. The summed E-state index contributed by atoms with van der Waals surface area (Å²) < 4.78 is 0. The predicted molar refractivity (Wildman–Crippen MR) is 68.7 cm³/mol. The Morgan fingerprint density at radius 3 is 2.25 bits per heavy atom. The number of nitrogens with zero attached hydrogens (tertiary/aromatic N) is 1. The lowest BCUT2D eigenvalue weighted by molar-refractivity contribution is 1.25. The molecular formula is C14H16N2. The van der Waals surface area contributed by atoms with Crippen molar-refractivity contribution in [3.63, 3.8) is 0 Å². The highest BCUT2D eigenvalue weighted by atomic mass is 14.8. The van der Waals surface area contributed by atoms with E-state index in [0.717, 1.165) is 17.1 Å². The van der Waals surface area contributed by atoms with Crippen molar-refractivity contribution in [2.45, 2.75) is 20.8 Å². The van der Waals surface area contributed by atoms with Crippen LogP contribution in [0, 0.1) is 20.8 Å². The fourth-order valence-corrected chi connectivity index (χ4v) is 1.74. The number of aromatic amines is 1. The van der Waals surface area contributed by atoms with Gasteiger partial charge in [-0.15, -0.1) is 0 Å². The summed E-state index contributed by atoms with van der Waals surface area (Å²) in [5.74, 6) is 0. The molecule has 1 aromatic heterocycles. The lowest BCUT2D eigenvalue weighted by Gasteiger charge is -2.02. The van der Waals surface area contributed by atoms with Gasteiger partial charge in [0.15, 0.2) is 0 Å². The maximum absolute atomic E-state index is 4.53. The number of aromatic nitrogens is 1. The van der Waals surface area contributed by atoms with Crippen LogP contribution in [0.2, 0.25) is 0 Å². The number of hydrogen-bond donors (Lipinski definition) is 1. The zero-order chi connectivity index (χ0) is 11.5. The number of para-hydroxylation sites is 1. The van der Waals surface area contributed by atoms with Gasteiger partial charge >= 0.3 is 0 Å². The maximum atomic E-state index is 4.53. The minimum atomic E-state index is 1.04. The molecule has 0 amide bonds. The van der Waals surface area contributed by atoms with Crippen LogP contribution in [0.5, 0.6) is 0 Å². The first-order valence-corrected chi connectivity index (χ1v) is 5.43. The van der Waals surface area contributed by atoms with Gasteiger partial charge in [-0.25, -0.2) is 0 Å². The summed E-state index contributed by atoms with van der Waals surface area (Å²) in [7, 11) is 0. The standard InChI is InChI=1S/C14H16N2/c1-10-5-4-6-11(2)14(10)15-9-13-8-7-12(3)16-13/h4-9,16H,1-3H3. The highest BCUT2D eigenvalue weighted by molar-refractivity contribution is 5.80. The topological polar surface area (TPSA) is 28.1 Å². The molecule has 1 N–H and O–H groups in total. The van der Waals surface area contributed by atoms with Gasteiger partial charge in [0.25, 0.3) is 0 Å². The molecule has 0 fully saturated rings. The molecule has 1 aromatic carbocycles. The van der Waals surface area contributed by atoms with E-state index < -0.39 is 0 Å². The van der Waals surface area contributed by atoms with Crippen molar-refractivity contribution in [3.8, 4) is 0 Å². The first-order valence-electron chi connectivity index (χ1n) is 5.43. The second-order valence-corrected chi connectivity index (χ2v) is 4.10. The molecule has 0 saturated carbocycles. The molecule has 2 nitrogen and oxygen atoms in total. The van der Waals surface area contributed by atoms with E-state index in [0.29, 0.717) is 0 Å². The van der Waals surface area contributed by atoms with Crippen molar-refractivity contribution in [2.24, 2.45) is 4.99 Å². The summed E-state index contributed by atoms with van der Waals surface area (Å²) in [6, 6.07) is 10.3.